The molecule has 10 heteroatoms. The van der Waals surface area contributed by atoms with E-state index in [-0.39, 0.29) is 17.5 Å². The Balaban J connectivity index is 1.43. The van der Waals surface area contributed by atoms with Gasteiger partial charge in [0, 0.05) is 42.5 Å². The minimum absolute atomic E-state index is 0.0129. The number of piperidine rings is 1. The lowest BCUT2D eigenvalue weighted by molar-refractivity contribution is -0.181. The quantitative estimate of drug-likeness (QED) is 0.740. The van der Waals surface area contributed by atoms with Gasteiger partial charge in [-0.1, -0.05) is 11.6 Å². The lowest BCUT2D eigenvalue weighted by Crippen LogP contribution is -2.50. The molecule has 6 nitrogen and oxygen atoms in total. The Hall–Kier alpha value is -1.29. The van der Waals surface area contributed by atoms with Crippen LogP contribution in [0.5, 0.6) is 0 Å². The minimum Gasteiger partial charge on any atom is -0.461 e. The first-order chi connectivity index (χ1) is 13.3. The lowest BCUT2D eigenvalue weighted by Gasteiger charge is -2.45. The van der Waals surface area contributed by atoms with Crippen molar-refractivity contribution in [3.63, 3.8) is 0 Å². The number of fused-ring (bicyclic) bond motifs is 2. The maximum Gasteiger partial charge on any atom is 0.354 e. The molecule has 0 amide bonds. The molecular formula is C18H22ClF2N3O3S. The molecule has 4 heterocycles. The van der Waals surface area contributed by atoms with E-state index in [0.29, 0.717) is 60.6 Å². The molecule has 1 unspecified atom stereocenters. The highest BCUT2D eigenvalue weighted by molar-refractivity contribution is 7.16. The fourth-order valence-corrected chi connectivity index (χ4v) is 5.60. The molecule has 1 aromatic rings. The molecule has 1 saturated heterocycles. The number of thiophene rings is 1. The van der Waals surface area contributed by atoms with Crippen molar-refractivity contribution in [1.29, 1.82) is 0 Å². The standard InChI is InChI=1S/C18H22ClF2N3O3S/c1-2-26-16(25)14-11(8-22-23-14)9-24-5-3-17(4-6-24)15-12(7-13(19)28-15)18(20,21)10-27-17/h7,11,22H,2-6,8-10H2,1H3. The van der Waals surface area contributed by atoms with Crippen LogP contribution >= 0.6 is 22.9 Å². The van der Waals surface area contributed by atoms with Crippen LogP contribution < -0.4 is 5.43 Å². The molecule has 4 rings (SSSR count). The zero-order chi connectivity index (χ0) is 19.9. The van der Waals surface area contributed by atoms with Gasteiger partial charge in [-0.05, 0) is 25.8 Å². The van der Waals surface area contributed by atoms with E-state index in [2.05, 4.69) is 15.4 Å². The molecule has 0 aromatic carbocycles. The minimum atomic E-state index is -3.00. The smallest absolute Gasteiger partial charge is 0.354 e. The van der Waals surface area contributed by atoms with Gasteiger partial charge in [0.2, 0.25) is 0 Å². The highest BCUT2D eigenvalue weighted by Crippen LogP contribution is 2.52. The third-order valence-corrected chi connectivity index (χ3v) is 7.04. The second-order valence-corrected chi connectivity index (χ2v) is 9.04. The Morgan fingerprint density at radius 1 is 1.50 bits per heavy atom. The van der Waals surface area contributed by atoms with Gasteiger partial charge >= 0.3 is 5.97 Å². The van der Waals surface area contributed by atoms with E-state index in [0.717, 1.165) is 0 Å². The first-order valence-electron chi connectivity index (χ1n) is 9.36. The maximum atomic E-state index is 14.2. The largest absolute Gasteiger partial charge is 0.461 e. The molecule has 3 aliphatic rings. The fraction of sp³-hybridized carbons (Fsp3) is 0.667. The summed E-state index contributed by atoms with van der Waals surface area (Å²) in [5, 5.41) is 4.08. The lowest BCUT2D eigenvalue weighted by atomic mass is 9.84. The average Bonchev–Trinajstić information content (AvgIpc) is 3.28. The number of nitrogens with zero attached hydrogens (tertiary/aromatic N) is 2. The van der Waals surface area contributed by atoms with Gasteiger partial charge in [-0.2, -0.15) is 13.9 Å². The number of hydrazone groups is 1. The third kappa shape index (κ3) is 3.53. The van der Waals surface area contributed by atoms with E-state index >= 15 is 0 Å². The summed E-state index contributed by atoms with van der Waals surface area (Å²) in [6, 6.07) is 1.38. The van der Waals surface area contributed by atoms with E-state index in [1.54, 1.807) is 6.92 Å². The van der Waals surface area contributed by atoms with Crippen molar-refractivity contribution < 1.29 is 23.0 Å². The second-order valence-electron chi connectivity index (χ2n) is 7.36. The highest BCUT2D eigenvalue weighted by atomic mass is 35.5. The van der Waals surface area contributed by atoms with E-state index in [4.69, 9.17) is 21.1 Å². The van der Waals surface area contributed by atoms with Crippen molar-refractivity contribution in [2.75, 3.05) is 39.4 Å². The Bertz CT molecular complexity index is 793. The summed E-state index contributed by atoms with van der Waals surface area (Å²) in [6.07, 6.45) is 1.22. The topological polar surface area (TPSA) is 63.2 Å². The number of alkyl halides is 2. The van der Waals surface area contributed by atoms with Crippen LogP contribution in [0.1, 0.15) is 30.2 Å². The molecule has 0 radical (unpaired) electrons. The maximum absolute atomic E-state index is 14.2. The summed E-state index contributed by atoms with van der Waals surface area (Å²) in [5.41, 5.74) is 2.61. The van der Waals surface area contributed by atoms with Crippen LogP contribution in [0, 0.1) is 5.92 Å². The highest BCUT2D eigenvalue weighted by Gasteiger charge is 2.51. The van der Waals surface area contributed by atoms with Crippen LogP contribution in [0.3, 0.4) is 0 Å². The van der Waals surface area contributed by atoms with Gasteiger partial charge in [-0.15, -0.1) is 11.3 Å². The summed E-state index contributed by atoms with van der Waals surface area (Å²) in [6.45, 7) is 4.08. The van der Waals surface area contributed by atoms with Crippen molar-refractivity contribution in [2.24, 2.45) is 11.0 Å². The van der Waals surface area contributed by atoms with E-state index in [1.807, 2.05) is 0 Å². The molecular weight excluding hydrogens is 412 g/mol. The molecule has 154 valence electrons. The number of hydrogen-bond acceptors (Lipinski definition) is 7. The van der Waals surface area contributed by atoms with Crippen molar-refractivity contribution in [1.82, 2.24) is 10.3 Å². The van der Waals surface area contributed by atoms with Crippen LogP contribution in [0.4, 0.5) is 8.78 Å². The monoisotopic (exact) mass is 433 g/mol. The molecule has 1 aromatic heterocycles. The number of halogens is 3. The number of esters is 1. The predicted molar refractivity (Wildman–Crippen MR) is 102 cm³/mol. The summed E-state index contributed by atoms with van der Waals surface area (Å²) >= 11 is 7.24. The Morgan fingerprint density at radius 3 is 2.96 bits per heavy atom. The Morgan fingerprint density at radius 2 is 2.25 bits per heavy atom. The van der Waals surface area contributed by atoms with Gasteiger partial charge in [-0.25, -0.2) is 4.79 Å². The van der Waals surface area contributed by atoms with Crippen molar-refractivity contribution in [2.45, 2.75) is 31.3 Å². The van der Waals surface area contributed by atoms with Crippen molar-refractivity contribution >= 4 is 34.6 Å². The predicted octanol–water partition coefficient (Wildman–Crippen LogP) is 2.95. The van der Waals surface area contributed by atoms with E-state index in [1.165, 1.54) is 17.4 Å². The van der Waals surface area contributed by atoms with Crippen molar-refractivity contribution in [3.8, 4) is 0 Å². The van der Waals surface area contributed by atoms with Gasteiger partial charge in [0.05, 0.1) is 10.9 Å². The van der Waals surface area contributed by atoms with Gasteiger partial charge in [0.15, 0.2) is 5.71 Å². The molecule has 0 aliphatic carbocycles. The van der Waals surface area contributed by atoms with Gasteiger partial charge in [-0.3, -0.25) is 0 Å². The molecule has 0 saturated carbocycles. The first-order valence-corrected chi connectivity index (χ1v) is 10.6. The Labute approximate surface area is 170 Å². The number of nitrogens with one attached hydrogen (secondary N) is 1. The van der Waals surface area contributed by atoms with Crippen molar-refractivity contribution in [3.05, 3.63) is 20.8 Å². The van der Waals surface area contributed by atoms with Crippen LogP contribution in [-0.2, 0) is 25.8 Å². The summed E-state index contributed by atoms with van der Waals surface area (Å²) in [5.74, 6) is -3.43. The summed E-state index contributed by atoms with van der Waals surface area (Å²) in [7, 11) is 0. The number of rotatable bonds is 4. The molecule has 1 atom stereocenters. The molecule has 1 fully saturated rings. The number of ether oxygens (including phenoxy) is 2. The molecule has 28 heavy (non-hydrogen) atoms. The van der Waals surface area contributed by atoms with Gasteiger partial charge in [0.1, 0.15) is 12.2 Å². The zero-order valence-corrected chi connectivity index (χ0v) is 17.0. The van der Waals surface area contributed by atoms with Gasteiger partial charge in [0.25, 0.3) is 5.92 Å². The summed E-state index contributed by atoms with van der Waals surface area (Å²) < 4.78 is 39.6. The number of likely N-dealkylation sites (tertiary alicyclic amines) is 1. The van der Waals surface area contributed by atoms with Crippen LogP contribution in [0.25, 0.3) is 0 Å². The Kier molecular flexibility index (Phi) is 5.37. The number of hydrogen-bond donors (Lipinski definition) is 1. The van der Waals surface area contributed by atoms with Crippen LogP contribution in [0.2, 0.25) is 4.34 Å². The normalized spacial score (nSPS) is 25.9. The van der Waals surface area contributed by atoms with Gasteiger partial charge < -0.3 is 19.8 Å². The molecule has 0 bridgehead atoms. The average molecular weight is 434 g/mol. The molecule has 1 spiro atoms. The number of carbonyl (C=O) groups excluding carboxylic acids is 1. The molecule has 1 N–H and O–H groups in total. The summed E-state index contributed by atoms with van der Waals surface area (Å²) in [4.78, 5) is 14.8. The second kappa shape index (κ2) is 7.51. The first kappa shape index (κ1) is 20.0. The number of carbonyl (C=O) groups is 1. The molecule has 3 aliphatic heterocycles. The van der Waals surface area contributed by atoms with E-state index < -0.39 is 18.1 Å². The van der Waals surface area contributed by atoms with E-state index in [9.17, 15) is 13.6 Å². The fourth-order valence-electron chi connectivity index (χ4n) is 4.12. The van der Waals surface area contributed by atoms with Crippen LogP contribution in [-0.4, -0.2) is 56.0 Å². The zero-order valence-electron chi connectivity index (χ0n) is 15.5. The third-order valence-electron chi connectivity index (χ3n) is 5.59. The SMILES string of the molecule is CCOC(=O)C1=NNCC1CN1CCC2(CC1)OCC(F)(F)c1cc(Cl)sc12. The van der Waals surface area contributed by atoms with Crippen LogP contribution in [0.15, 0.2) is 11.2 Å².